The van der Waals surface area contributed by atoms with Crippen LogP contribution >= 0.6 is 0 Å². The quantitative estimate of drug-likeness (QED) is 0.773. The minimum absolute atomic E-state index is 0.0519. The summed E-state index contributed by atoms with van der Waals surface area (Å²) in [6, 6.07) is 0. The first-order valence-corrected chi connectivity index (χ1v) is 6.74. The van der Waals surface area contributed by atoms with E-state index in [2.05, 4.69) is 23.8 Å². The van der Waals surface area contributed by atoms with E-state index in [-0.39, 0.29) is 11.9 Å². The Balaban J connectivity index is 1.98. The molecule has 1 aromatic rings. The van der Waals surface area contributed by atoms with E-state index >= 15 is 0 Å². The van der Waals surface area contributed by atoms with Gasteiger partial charge in [-0.2, -0.15) is 0 Å². The molecule has 1 saturated heterocycles. The molecule has 1 aliphatic rings. The number of hydrogen-bond donors (Lipinski definition) is 0. The van der Waals surface area contributed by atoms with Gasteiger partial charge < -0.3 is 9.64 Å². The van der Waals surface area contributed by atoms with E-state index in [0.717, 1.165) is 24.9 Å². The zero-order valence-corrected chi connectivity index (χ0v) is 11.8. The molecule has 2 heterocycles. The third kappa shape index (κ3) is 3.43. The van der Waals surface area contributed by atoms with Crippen molar-refractivity contribution in [1.82, 2.24) is 9.97 Å². The van der Waals surface area contributed by atoms with Crippen molar-refractivity contribution in [3.05, 3.63) is 18.0 Å². The van der Waals surface area contributed by atoms with Crippen molar-refractivity contribution in [3.63, 3.8) is 0 Å². The van der Waals surface area contributed by atoms with Crippen LogP contribution in [0.15, 0.2) is 12.4 Å². The maximum absolute atomic E-state index is 11.5. The van der Waals surface area contributed by atoms with E-state index in [1.807, 2.05) is 17.3 Å². The van der Waals surface area contributed by atoms with Crippen molar-refractivity contribution in [3.8, 4) is 0 Å². The fourth-order valence-corrected chi connectivity index (χ4v) is 2.39. The van der Waals surface area contributed by atoms with E-state index in [1.165, 1.54) is 7.11 Å². The van der Waals surface area contributed by atoms with E-state index in [0.29, 0.717) is 18.4 Å². The molecule has 0 saturated carbocycles. The summed E-state index contributed by atoms with van der Waals surface area (Å²) in [6.45, 7) is 5.81. The molecule has 1 atom stereocenters. The van der Waals surface area contributed by atoms with Crippen LogP contribution in [-0.2, 0) is 16.0 Å². The molecule has 0 radical (unpaired) electrons. The molecule has 0 aliphatic carbocycles. The number of rotatable bonds is 4. The Morgan fingerprint density at radius 3 is 2.74 bits per heavy atom. The molecule has 2 rings (SSSR count). The summed E-state index contributed by atoms with van der Waals surface area (Å²) >= 11 is 0. The molecule has 19 heavy (non-hydrogen) atoms. The van der Waals surface area contributed by atoms with Gasteiger partial charge in [0, 0.05) is 25.5 Å². The SMILES string of the molecule is COC(=O)C1CCN(c2ncc(CC(C)C)cn2)C1. The van der Waals surface area contributed by atoms with Gasteiger partial charge in [-0.25, -0.2) is 9.97 Å². The fraction of sp³-hybridized carbons (Fsp3) is 0.643. The summed E-state index contributed by atoms with van der Waals surface area (Å²) in [7, 11) is 1.43. The third-order valence-corrected chi connectivity index (χ3v) is 3.34. The summed E-state index contributed by atoms with van der Waals surface area (Å²) in [6.07, 6.45) is 5.57. The Hall–Kier alpha value is -1.65. The van der Waals surface area contributed by atoms with Crippen LogP contribution in [0, 0.1) is 11.8 Å². The van der Waals surface area contributed by atoms with Crippen LogP contribution in [0.4, 0.5) is 5.95 Å². The predicted molar refractivity (Wildman–Crippen MR) is 72.9 cm³/mol. The Bertz CT molecular complexity index is 431. The van der Waals surface area contributed by atoms with E-state index in [9.17, 15) is 4.79 Å². The lowest BCUT2D eigenvalue weighted by Gasteiger charge is -2.16. The molecule has 5 heteroatoms. The van der Waals surface area contributed by atoms with Gasteiger partial charge in [0.2, 0.25) is 5.95 Å². The number of hydrogen-bond acceptors (Lipinski definition) is 5. The minimum Gasteiger partial charge on any atom is -0.469 e. The normalized spacial score (nSPS) is 18.9. The van der Waals surface area contributed by atoms with Crippen molar-refractivity contribution in [1.29, 1.82) is 0 Å². The molecule has 0 aromatic carbocycles. The summed E-state index contributed by atoms with van der Waals surface area (Å²) in [4.78, 5) is 22.3. The predicted octanol–water partition coefficient (Wildman–Crippen LogP) is 1.67. The fourth-order valence-electron chi connectivity index (χ4n) is 2.39. The molecule has 0 amide bonds. The number of anilines is 1. The Labute approximate surface area is 114 Å². The highest BCUT2D eigenvalue weighted by atomic mass is 16.5. The molecular weight excluding hydrogens is 242 g/mol. The Morgan fingerprint density at radius 2 is 2.16 bits per heavy atom. The van der Waals surface area contributed by atoms with Crippen LogP contribution in [-0.4, -0.2) is 36.1 Å². The monoisotopic (exact) mass is 263 g/mol. The second kappa shape index (κ2) is 5.99. The minimum atomic E-state index is -0.140. The highest BCUT2D eigenvalue weighted by Gasteiger charge is 2.30. The molecule has 0 spiro atoms. The second-order valence-electron chi connectivity index (χ2n) is 5.44. The molecule has 0 N–H and O–H groups in total. The molecule has 1 fully saturated rings. The van der Waals surface area contributed by atoms with Gasteiger partial charge in [-0.3, -0.25) is 4.79 Å². The summed E-state index contributed by atoms with van der Waals surface area (Å²) in [5.74, 6) is 1.12. The lowest BCUT2D eigenvalue weighted by Crippen LogP contribution is -2.25. The van der Waals surface area contributed by atoms with Gasteiger partial charge in [0.05, 0.1) is 13.0 Å². The van der Waals surface area contributed by atoms with E-state index < -0.39 is 0 Å². The topological polar surface area (TPSA) is 55.3 Å². The zero-order valence-electron chi connectivity index (χ0n) is 11.8. The maximum Gasteiger partial charge on any atom is 0.310 e. The first kappa shape index (κ1) is 13.8. The average molecular weight is 263 g/mol. The Kier molecular flexibility index (Phi) is 4.35. The molecule has 104 valence electrons. The van der Waals surface area contributed by atoms with Gasteiger partial charge in [-0.05, 0) is 24.3 Å². The summed E-state index contributed by atoms with van der Waals surface area (Å²) < 4.78 is 4.77. The van der Waals surface area contributed by atoms with Crippen LogP contribution in [0.1, 0.15) is 25.8 Å². The van der Waals surface area contributed by atoms with Crippen LogP contribution in [0.2, 0.25) is 0 Å². The zero-order chi connectivity index (χ0) is 13.8. The first-order valence-electron chi connectivity index (χ1n) is 6.74. The van der Waals surface area contributed by atoms with E-state index in [4.69, 9.17) is 4.74 Å². The second-order valence-corrected chi connectivity index (χ2v) is 5.44. The van der Waals surface area contributed by atoms with Gasteiger partial charge >= 0.3 is 5.97 Å². The molecule has 0 bridgehead atoms. The van der Waals surface area contributed by atoms with Gasteiger partial charge in [0.15, 0.2) is 0 Å². The van der Waals surface area contributed by atoms with Gasteiger partial charge in [0.25, 0.3) is 0 Å². The van der Waals surface area contributed by atoms with Crippen molar-refractivity contribution in [2.75, 3.05) is 25.1 Å². The maximum atomic E-state index is 11.5. The smallest absolute Gasteiger partial charge is 0.310 e. The average Bonchev–Trinajstić information content (AvgIpc) is 2.87. The summed E-state index contributed by atoms with van der Waals surface area (Å²) in [5.41, 5.74) is 1.16. The lowest BCUT2D eigenvalue weighted by molar-refractivity contribution is -0.144. The van der Waals surface area contributed by atoms with Crippen LogP contribution in [0.3, 0.4) is 0 Å². The number of carbonyl (C=O) groups excluding carboxylic acids is 1. The molecule has 1 aromatic heterocycles. The van der Waals surface area contributed by atoms with Crippen molar-refractivity contribution in [2.45, 2.75) is 26.7 Å². The molecule has 1 unspecified atom stereocenters. The first-order chi connectivity index (χ1) is 9.10. The van der Waals surface area contributed by atoms with E-state index in [1.54, 1.807) is 0 Å². The number of methoxy groups -OCH3 is 1. The van der Waals surface area contributed by atoms with Crippen LogP contribution in [0.5, 0.6) is 0 Å². The number of nitrogens with zero attached hydrogens (tertiary/aromatic N) is 3. The number of ether oxygens (including phenoxy) is 1. The van der Waals surface area contributed by atoms with Crippen LogP contribution in [0.25, 0.3) is 0 Å². The number of esters is 1. The van der Waals surface area contributed by atoms with Gasteiger partial charge in [-0.15, -0.1) is 0 Å². The van der Waals surface area contributed by atoms with Crippen LogP contribution < -0.4 is 4.90 Å². The number of carbonyl (C=O) groups is 1. The molecule has 1 aliphatic heterocycles. The van der Waals surface area contributed by atoms with Gasteiger partial charge in [-0.1, -0.05) is 13.8 Å². The van der Waals surface area contributed by atoms with Crippen molar-refractivity contribution in [2.24, 2.45) is 11.8 Å². The Morgan fingerprint density at radius 1 is 1.47 bits per heavy atom. The number of aromatic nitrogens is 2. The lowest BCUT2D eigenvalue weighted by atomic mass is 10.1. The van der Waals surface area contributed by atoms with Crippen molar-refractivity contribution < 1.29 is 9.53 Å². The molecular formula is C14H21N3O2. The largest absolute Gasteiger partial charge is 0.469 e. The van der Waals surface area contributed by atoms with Gasteiger partial charge in [0.1, 0.15) is 0 Å². The highest BCUT2D eigenvalue weighted by molar-refractivity contribution is 5.73. The summed E-state index contributed by atoms with van der Waals surface area (Å²) in [5, 5.41) is 0. The highest BCUT2D eigenvalue weighted by Crippen LogP contribution is 2.21. The molecule has 5 nitrogen and oxygen atoms in total. The standard InChI is InChI=1S/C14H21N3O2/c1-10(2)6-11-7-15-14(16-8-11)17-5-4-12(9-17)13(18)19-3/h7-8,10,12H,4-6,9H2,1-3H3. The van der Waals surface area contributed by atoms with Crippen molar-refractivity contribution >= 4 is 11.9 Å². The third-order valence-electron chi connectivity index (χ3n) is 3.34.